The number of hydrogen-bond donors (Lipinski definition) is 2. The maximum absolute atomic E-state index is 4.44. The van der Waals surface area contributed by atoms with Gasteiger partial charge in [-0.2, -0.15) is 0 Å². The summed E-state index contributed by atoms with van der Waals surface area (Å²) in [6, 6.07) is 8.44. The molecule has 0 radical (unpaired) electrons. The first kappa shape index (κ1) is 16.0. The summed E-state index contributed by atoms with van der Waals surface area (Å²) in [6.07, 6.45) is 6.32. The van der Waals surface area contributed by atoms with Gasteiger partial charge in [-0.05, 0) is 75.1 Å². The highest BCUT2D eigenvalue weighted by Crippen LogP contribution is 2.21. The maximum atomic E-state index is 4.44. The fraction of sp³-hybridized carbons (Fsp3) is 0.158. The highest BCUT2D eigenvalue weighted by molar-refractivity contribution is 7.85. The van der Waals surface area contributed by atoms with E-state index in [9.17, 15) is 0 Å². The lowest BCUT2D eigenvalue weighted by atomic mass is 9.94. The lowest BCUT2D eigenvalue weighted by Gasteiger charge is -2.11. The van der Waals surface area contributed by atoms with Crippen LogP contribution < -0.4 is 10.4 Å². The molecule has 0 aliphatic carbocycles. The van der Waals surface area contributed by atoms with E-state index in [0.29, 0.717) is 0 Å². The van der Waals surface area contributed by atoms with E-state index in [2.05, 4.69) is 82.1 Å². The molecule has 0 amide bonds. The summed E-state index contributed by atoms with van der Waals surface area (Å²) in [6.45, 7) is 10.1. The molecule has 2 rings (SSSR count). The van der Waals surface area contributed by atoms with E-state index in [1.165, 1.54) is 32.3 Å². The Kier molecular flexibility index (Phi) is 5.02. The Morgan fingerprint density at radius 2 is 1.71 bits per heavy atom. The van der Waals surface area contributed by atoms with Gasteiger partial charge in [-0.1, -0.05) is 36.9 Å². The van der Waals surface area contributed by atoms with Crippen molar-refractivity contribution in [2.45, 2.75) is 20.8 Å². The molecular weight excluding hydrogens is 292 g/mol. The molecule has 0 aliphatic heterocycles. The van der Waals surface area contributed by atoms with Gasteiger partial charge in [-0.25, -0.2) is 0 Å². The van der Waals surface area contributed by atoms with Crippen molar-refractivity contribution in [3.8, 4) is 0 Å². The molecule has 2 aromatic carbocycles. The Bertz CT molecular complexity index is 851. The Labute approximate surface area is 137 Å². The van der Waals surface area contributed by atoms with Gasteiger partial charge in [0.2, 0.25) is 0 Å². The summed E-state index contributed by atoms with van der Waals surface area (Å²) in [7, 11) is 0. The number of benzene rings is 2. The summed E-state index contributed by atoms with van der Waals surface area (Å²) in [5, 5.41) is 4.85. The predicted molar refractivity (Wildman–Crippen MR) is 103 cm³/mol. The largest absolute Gasteiger partial charge is 0.148 e. The van der Waals surface area contributed by atoms with Crippen molar-refractivity contribution >= 4 is 54.3 Å². The maximum Gasteiger partial charge on any atom is -0.00256 e. The van der Waals surface area contributed by atoms with Gasteiger partial charge in [0.15, 0.2) is 0 Å². The van der Waals surface area contributed by atoms with Gasteiger partial charge in [0.05, 0.1) is 0 Å². The minimum Gasteiger partial charge on any atom is -0.148 e. The standard InChI is InChI=1S/C19H20S2/c1-5-15-14(4)18(10-12(2)20)16-8-6-7-9-17(16)19(15)11-13(3)21/h5-11,20-21H,3H2,1-2,4H3/b12-10+,15-5-,19-11+. The van der Waals surface area contributed by atoms with Gasteiger partial charge in [-0.3, -0.25) is 0 Å². The van der Waals surface area contributed by atoms with Gasteiger partial charge in [0, 0.05) is 0 Å². The molecule has 2 heteroatoms. The fourth-order valence-electron chi connectivity index (χ4n) is 2.74. The Morgan fingerprint density at radius 3 is 2.24 bits per heavy atom. The zero-order valence-corrected chi connectivity index (χ0v) is 14.4. The summed E-state index contributed by atoms with van der Waals surface area (Å²) in [5.41, 5.74) is 2.48. The molecule has 0 aromatic heterocycles. The van der Waals surface area contributed by atoms with Crippen LogP contribution >= 0.6 is 25.3 Å². The molecule has 0 N–H and O–H groups in total. The summed E-state index contributed by atoms with van der Waals surface area (Å²) >= 11 is 8.79. The van der Waals surface area contributed by atoms with Crippen molar-refractivity contribution in [3.05, 3.63) is 62.2 Å². The summed E-state index contributed by atoms with van der Waals surface area (Å²) in [5.74, 6) is 0. The van der Waals surface area contributed by atoms with E-state index in [1.807, 2.05) is 13.0 Å². The minimum atomic E-state index is 0.760. The van der Waals surface area contributed by atoms with Crippen LogP contribution in [0.4, 0.5) is 0 Å². The first-order valence-electron chi connectivity index (χ1n) is 6.90. The monoisotopic (exact) mass is 312 g/mol. The zero-order chi connectivity index (χ0) is 15.6. The van der Waals surface area contributed by atoms with Crippen molar-refractivity contribution in [1.82, 2.24) is 0 Å². The molecule has 0 spiro atoms. The van der Waals surface area contributed by atoms with Crippen molar-refractivity contribution in [1.29, 1.82) is 0 Å². The average Bonchev–Trinajstić information content (AvgIpc) is 2.43. The third-order valence-electron chi connectivity index (χ3n) is 3.56. The van der Waals surface area contributed by atoms with E-state index >= 15 is 0 Å². The molecule has 0 aliphatic rings. The van der Waals surface area contributed by atoms with Crippen LogP contribution in [0.3, 0.4) is 0 Å². The van der Waals surface area contributed by atoms with Crippen LogP contribution in [-0.2, 0) is 0 Å². The number of hydrogen-bond acceptors (Lipinski definition) is 2. The molecule has 2 aromatic rings. The van der Waals surface area contributed by atoms with Crippen LogP contribution in [0.5, 0.6) is 0 Å². The average molecular weight is 313 g/mol. The highest BCUT2D eigenvalue weighted by Gasteiger charge is 2.07. The van der Waals surface area contributed by atoms with Gasteiger partial charge in [0.25, 0.3) is 0 Å². The van der Waals surface area contributed by atoms with Crippen molar-refractivity contribution < 1.29 is 0 Å². The molecule has 0 saturated heterocycles. The Morgan fingerprint density at radius 1 is 1.10 bits per heavy atom. The van der Waals surface area contributed by atoms with Crippen LogP contribution in [0.1, 0.15) is 25.0 Å². The molecule has 0 nitrogen and oxygen atoms in total. The van der Waals surface area contributed by atoms with Gasteiger partial charge >= 0.3 is 0 Å². The van der Waals surface area contributed by atoms with Crippen molar-refractivity contribution in [2.24, 2.45) is 0 Å². The predicted octanol–water partition coefficient (Wildman–Crippen LogP) is 4.46. The summed E-state index contributed by atoms with van der Waals surface area (Å²) in [4.78, 5) is 1.76. The number of rotatable bonds is 2. The second-order valence-corrected chi connectivity index (χ2v) is 6.40. The number of fused-ring (bicyclic) bond motifs is 1. The number of thiol groups is 2. The van der Waals surface area contributed by atoms with E-state index in [0.717, 1.165) is 9.81 Å². The van der Waals surface area contributed by atoms with Gasteiger partial charge < -0.3 is 0 Å². The van der Waals surface area contributed by atoms with Crippen LogP contribution in [0, 0.1) is 6.92 Å². The van der Waals surface area contributed by atoms with Crippen LogP contribution in [0.2, 0.25) is 0 Å². The Balaban J connectivity index is 3.16. The van der Waals surface area contributed by atoms with E-state index in [1.54, 1.807) is 0 Å². The smallest absolute Gasteiger partial charge is 0.00256 e. The van der Waals surface area contributed by atoms with Crippen molar-refractivity contribution in [3.63, 3.8) is 0 Å². The van der Waals surface area contributed by atoms with Crippen LogP contribution in [-0.4, -0.2) is 0 Å². The first-order valence-corrected chi connectivity index (χ1v) is 7.79. The first-order chi connectivity index (χ1) is 9.95. The van der Waals surface area contributed by atoms with Crippen molar-refractivity contribution in [2.75, 3.05) is 0 Å². The second kappa shape index (κ2) is 6.59. The topological polar surface area (TPSA) is 0 Å². The van der Waals surface area contributed by atoms with Crippen LogP contribution in [0.25, 0.3) is 29.0 Å². The minimum absolute atomic E-state index is 0.760. The molecule has 108 valence electrons. The zero-order valence-electron chi connectivity index (χ0n) is 12.6. The second-order valence-electron chi connectivity index (χ2n) is 5.12. The molecule has 0 bridgehead atoms. The molecule has 0 saturated carbocycles. The van der Waals surface area contributed by atoms with E-state index < -0.39 is 0 Å². The molecule has 0 heterocycles. The molecule has 0 atom stereocenters. The van der Waals surface area contributed by atoms with Gasteiger partial charge in [0.1, 0.15) is 0 Å². The van der Waals surface area contributed by atoms with E-state index in [-0.39, 0.29) is 0 Å². The third kappa shape index (κ3) is 3.28. The molecule has 0 unspecified atom stereocenters. The van der Waals surface area contributed by atoms with E-state index in [4.69, 9.17) is 0 Å². The molecule has 21 heavy (non-hydrogen) atoms. The quantitative estimate of drug-likeness (QED) is 0.751. The fourth-order valence-corrected chi connectivity index (χ4v) is 2.99. The Hall–Kier alpha value is -1.38. The third-order valence-corrected chi connectivity index (χ3v) is 3.82. The number of allylic oxidation sites excluding steroid dienone is 2. The highest BCUT2D eigenvalue weighted by atomic mass is 32.1. The lowest BCUT2D eigenvalue weighted by molar-refractivity contribution is 1.38. The van der Waals surface area contributed by atoms with Gasteiger partial charge in [-0.15, -0.1) is 25.3 Å². The summed E-state index contributed by atoms with van der Waals surface area (Å²) < 4.78 is 0. The van der Waals surface area contributed by atoms with Crippen LogP contribution in [0.15, 0.2) is 40.7 Å². The lowest BCUT2D eigenvalue weighted by Crippen LogP contribution is -2.29. The molecular formula is C19H20S2. The normalized spacial score (nSPS) is 14.0. The SMILES string of the molecule is C=C(S)/C=c1\c(=C/C)c(C)c(/C=C(\C)S)c2ccccc12. The molecule has 0 fully saturated rings.